The zero-order valence-electron chi connectivity index (χ0n) is 12.7. The molecule has 6 heteroatoms. The van der Waals surface area contributed by atoms with Gasteiger partial charge >= 0.3 is 0 Å². The lowest BCUT2D eigenvalue weighted by molar-refractivity contribution is 0.475. The van der Waals surface area contributed by atoms with Crippen LogP contribution < -0.4 is 11.1 Å². The fraction of sp³-hybridized carbons (Fsp3) is 0. The molecule has 0 saturated carbocycles. The molecule has 0 unspecified atom stereocenters. The molecule has 6 nitrogen and oxygen atoms in total. The SMILES string of the molecule is Nc1cccc(-c2cc3c(Nc4ccc(O)cc4)ncnc3[nH]2)c1. The third-order valence-electron chi connectivity index (χ3n) is 3.75. The lowest BCUT2D eigenvalue weighted by Crippen LogP contribution is -1.94. The molecule has 0 spiro atoms. The maximum atomic E-state index is 9.38. The number of rotatable bonds is 3. The molecule has 4 aromatic rings. The van der Waals surface area contributed by atoms with Crippen LogP contribution >= 0.6 is 0 Å². The molecule has 0 atom stereocenters. The van der Waals surface area contributed by atoms with Crippen molar-refractivity contribution in [2.45, 2.75) is 0 Å². The first kappa shape index (κ1) is 14.1. The zero-order valence-corrected chi connectivity index (χ0v) is 12.7. The van der Waals surface area contributed by atoms with Crippen LogP contribution in [0.5, 0.6) is 5.75 Å². The van der Waals surface area contributed by atoms with Gasteiger partial charge in [-0.3, -0.25) is 0 Å². The fourth-order valence-corrected chi connectivity index (χ4v) is 2.58. The highest BCUT2D eigenvalue weighted by Gasteiger charge is 2.10. The molecule has 0 aliphatic carbocycles. The van der Waals surface area contributed by atoms with Crippen LogP contribution in [0.1, 0.15) is 0 Å². The quantitative estimate of drug-likeness (QED) is 0.341. The van der Waals surface area contributed by atoms with Gasteiger partial charge in [-0.2, -0.15) is 0 Å². The van der Waals surface area contributed by atoms with Gasteiger partial charge in [-0.1, -0.05) is 12.1 Å². The number of nitrogens with one attached hydrogen (secondary N) is 2. The van der Waals surface area contributed by atoms with Crippen LogP contribution in [0, 0.1) is 0 Å². The predicted molar refractivity (Wildman–Crippen MR) is 95.1 cm³/mol. The van der Waals surface area contributed by atoms with E-state index in [0.717, 1.165) is 28.0 Å². The number of aromatic hydroxyl groups is 1. The fourth-order valence-electron chi connectivity index (χ4n) is 2.58. The Balaban J connectivity index is 1.76. The van der Waals surface area contributed by atoms with Gasteiger partial charge in [0.25, 0.3) is 0 Å². The van der Waals surface area contributed by atoms with E-state index in [2.05, 4.69) is 20.3 Å². The van der Waals surface area contributed by atoms with Crippen molar-refractivity contribution in [2.24, 2.45) is 0 Å². The molecule has 118 valence electrons. The van der Waals surface area contributed by atoms with E-state index in [0.29, 0.717) is 11.5 Å². The zero-order chi connectivity index (χ0) is 16.5. The van der Waals surface area contributed by atoms with E-state index in [1.807, 2.05) is 30.3 Å². The van der Waals surface area contributed by atoms with Gasteiger partial charge in [-0.25, -0.2) is 9.97 Å². The van der Waals surface area contributed by atoms with Crippen molar-refractivity contribution in [3.8, 4) is 17.0 Å². The molecule has 24 heavy (non-hydrogen) atoms. The summed E-state index contributed by atoms with van der Waals surface area (Å²) in [6, 6.07) is 16.5. The van der Waals surface area contributed by atoms with Crippen molar-refractivity contribution in [1.82, 2.24) is 15.0 Å². The van der Waals surface area contributed by atoms with Crippen molar-refractivity contribution in [1.29, 1.82) is 0 Å². The highest BCUT2D eigenvalue weighted by atomic mass is 16.3. The number of benzene rings is 2. The summed E-state index contributed by atoms with van der Waals surface area (Å²) in [5.74, 6) is 0.913. The van der Waals surface area contributed by atoms with E-state index >= 15 is 0 Å². The Morgan fingerprint density at radius 3 is 2.62 bits per heavy atom. The number of phenols is 1. The van der Waals surface area contributed by atoms with Crippen molar-refractivity contribution >= 4 is 28.2 Å². The summed E-state index contributed by atoms with van der Waals surface area (Å²) in [5.41, 5.74) is 10.1. The average Bonchev–Trinajstić information content (AvgIpc) is 3.02. The van der Waals surface area contributed by atoms with E-state index in [1.54, 1.807) is 24.3 Å². The lowest BCUT2D eigenvalue weighted by atomic mass is 10.1. The van der Waals surface area contributed by atoms with Gasteiger partial charge in [0, 0.05) is 22.6 Å². The Kier molecular flexibility index (Phi) is 3.28. The van der Waals surface area contributed by atoms with Crippen LogP contribution in [0.2, 0.25) is 0 Å². The number of anilines is 3. The van der Waals surface area contributed by atoms with Gasteiger partial charge in [-0.15, -0.1) is 0 Å². The molecule has 0 aliphatic rings. The third kappa shape index (κ3) is 2.61. The molecule has 0 amide bonds. The Morgan fingerprint density at radius 2 is 1.83 bits per heavy atom. The normalized spacial score (nSPS) is 10.8. The smallest absolute Gasteiger partial charge is 0.143 e. The van der Waals surface area contributed by atoms with Gasteiger partial charge in [-0.05, 0) is 42.5 Å². The lowest BCUT2D eigenvalue weighted by Gasteiger charge is -2.06. The van der Waals surface area contributed by atoms with Gasteiger partial charge < -0.3 is 21.1 Å². The first-order valence-corrected chi connectivity index (χ1v) is 7.45. The summed E-state index contributed by atoms with van der Waals surface area (Å²) >= 11 is 0. The Hall–Kier alpha value is -3.54. The number of phenolic OH excluding ortho intramolecular Hbond substituents is 1. The first-order chi connectivity index (χ1) is 11.7. The van der Waals surface area contributed by atoms with Crippen molar-refractivity contribution in [3.05, 3.63) is 60.9 Å². The minimum Gasteiger partial charge on any atom is -0.508 e. The largest absolute Gasteiger partial charge is 0.508 e. The first-order valence-electron chi connectivity index (χ1n) is 7.45. The number of aromatic amines is 1. The van der Waals surface area contributed by atoms with E-state index < -0.39 is 0 Å². The van der Waals surface area contributed by atoms with Crippen LogP contribution in [0.15, 0.2) is 60.9 Å². The van der Waals surface area contributed by atoms with E-state index in [9.17, 15) is 5.11 Å². The number of nitrogens with two attached hydrogens (primary N) is 1. The maximum Gasteiger partial charge on any atom is 0.143 e. The van der Waals surface area contributed by atoms with E-state index in [4.69, 9.17) is 5.73 Å². The van der Waals surface area contributed by atoms with E-state index in [1.165, 1.54) is 6.33 Å². The summed E-state index contributed by atoms with van der Waals surface area (Å²) in [5, 5.41) is 13.5. The Labute approximate surface area is 138 Å². The summed E-state index contributed by atoms with van der Waals surface area (Å²) in [6.45, 7) is 0. The van der Waals surface area contributed by atoms with Crippen molar-refractivity contribution < 1.29 is 5.11 Å². The molecule has 0 radical (unpaired) electrons. The predicted octanol–water partition coefficient (Wildman–Crippen LogP) is 3.66. The van der Waals surface area contributed by atoms with Crippen LogP contribution in [0.25, 0.3) is 22.3 Å². The number of nitrogen functional groups attached to an aromatic ring is 1. The Morgan fingerprint density at radius 1 is 1.00 bits per heavy atom. The van der Waals surface area contributed by atoms with Crippen molar-refractivity contribution in [2.75, 3.05) is 11.1 Å². The minimum absolute atomic E-state index is 0.221. The summed E-state index contributed by atoms with van der Waals surface area (Å²) in [4.78, 5) is 11.9. The highest BCUT2D eigenvalue weighted by Crippen LogP contribution is 2.29. The number of hydrogen-bond acceptors (Lipinski definition) is 5. The molecule has 2 heterocycles. The Bertz CT molecular complexity index is 1010. The van der Waals surface area contributed by atoms with Gasteiger partial charge in [0.2, 0.25) is 0 Å². The van der Waals surface area contributed by atoms with Crippen LogP contribution in [0.4, 0.5) is 17.2 Å². The summed E-state index contributed by atoms with van der Waals surface area (Å²) < 4.78 is 0. The number of H-pyrrole nitrogens is 1. The number of hydrogen-bond donors (Lipinski definition) is 4. The maximum absolute atomic E-state index is 9.38. The molecule has 4 rings (SSSR count). The second-order valence-corrected chi connectivity index (χ2v) is 5.46. The van der Waals surface area contributed by atoms with Gasteiger partial charge in [0.15, 0.2) is 0 Å². The minimum atomic E-state index is 0.221. The highest BCUT2D eigenvalue weighted by molar-refractivity contribution is 5.93. The van der Waals surface area contributed by atoms with E-state index in [-0.39, 0.29) is 5.75 Å². The summed E-state index contributed by atoms with van der Waals surface area (Å²) in [6.07, 6.45) is 1.50. The van der Waals surface area contributed by atoms with Crippen LogP contribution in [-0.2, 0) is 0 Å². The van der Waals surface area contributed by atoms with Crippen molar-refractivity contribution in [3.63, 3.8) is 0 Å². The summed E-state index contributed by atoms with van der Waals surface area (Å²) in [7, 11) is 0. The molecule has 0 fully saturated rings. The number of fused-ring (bicyclic) bond motifs is 1. The molecular formula is C18H15N5O. The standard InChI is InChI=1S/C18H15N5O/c19-12-3-1-2-11(8-12)16-9-15-17(20-10-21-18(15)23-16)22-13-4-6-14(24)7-5-13/h1-10,24H,19H2,(H2,20,21,22,23). The molecular weight excluding hydrogens is 302 g/mol. The molecule has 0 aliphatic heterocycles. The molecule has 2 aromatic carbocycles. The monoisotopic (exact) mass is 317 g/mol. The molecule has 2 aromatic heterocycles. The molecule has 0 bridgehead atoms. The molecule has 5 N–H and O–H groups in total. The topological polar surface area (TPSA) is 99.8 Å². The average molecular weight is 317 g/mol. The second-order valence-electron chi connectivity index (χ2n) is 5.46. The number of aromatic nitrogens is 3. The third-order valence-corrected chi connectivity index (χ3v) is 3.75. The number of nitrogens with zero attached hydrogens (tertiary/aromatic N) is 2. The van der Waals surface area contributed by atoms with Gasteiger partial charge in [0.05, 0.1) is 5.39 Å². The van der Waals surface area contributed by atoms with Crippen LogP contribution in [-0.4, -0.2) is 20.1 Å². The molecule has 0 saturated heterocycles. The van der Waals surface area contributed by atoms with Crippen LogP contribution in [0.3, 0.4) is 0 Å². The second kappa shape index (κ2) is 5.58. The van der Waals surface area contributed by atoms with Gasteiger partial charge in [0.1, 0.15) is 23.5 Å².